The van der Waals surface area contributed by atoms with Crippen molar-refractivity contribution >= 4 is 24.8 Å². The Morgan fingerprint density at radius 3 is 2.63 bits per heavy atom. The van der Waals surface area contributed by atoms with Gasteiger partial charge in [0, 0.05) is 24.2 Å². The van der Waals surface area contributed by atoms with Gasteiger partial charge in [-0.3, -0.25) is 0 Å². The number of alkyl halides is 3. The highest BCUT2D eigenvalue weighted by atomic mass is 35.5. The Kier molecular flexibility index (Phi) is 10.8. The van der Waals surface area contributed by atoms with Gasteiger partial charge in [0.25, 0.3) is 5.82 Å². The van der Waals surface area contributed by atoms with Crippen LogP contribution in [-0.2, 0) is 12.7 Å². The number of hydrogen-bond donors (Lipinski definition) is 2. The van der Waals surface area contributed by atoms with Crippen LogP contribution in [0.3, 0.4) is 0 Å². The lowest BCUT2D eigenvalue weighted by atomic mass is 9.92. The van der Waals surface area contributed by atoms with Gasteiger partial charge in [0.15, 0.2) is 0 Å². The highest BCUT2D eigenvalue weighted by Gasteiger charge is 2.38. The Bertz CT molecular complexity index is 1050. The number of benzene rings is 2. The number of rotatable bonds is 8. The second kappa shape index (κ2) is 13.1. The van der Waals surface area contributed by atoms with Crippen molar-refractivity contribution in [3.05, 3.63) is 65.5 Å². The van der Waals surface area contributed by atoms with Gasteiger partial charge in [-0.15, -0.1) is 29.9 Å². The highest BCUT2D eigenvalue weighted by Crippen LogP contribution is 2.30. The third-order valence-electron chi connectivity index (χ3n) is 5.65. The largest absolute Gasteiger partial charge is 0.493 e. The fraction of sp³-hybridized carbons (Fsp3) is 0.435. The Hall–Kier alpha value is -2.40. The van der Waals surface area contributed by atoms with Crippen LogP contribution in [0.4, 0.5) is 13.2 Å². The standard InChI is InChI=1S/C23H27F3N6O.2ClH/c1-2-13-33-20-11-10-18(32-22(23(24,25)26)29-30-31-32)14-17(20)15-28-19-9-6-12-27-21(19)16-7-4-3-5-8-16;;/h3-5,7-8,10-11,14,19,21,27-28H,2,6,9,12-13,15H2,1H3;2*1H/t19-,21-;;/m0../s1. The fourth-order valence-corrected chi connectivity index (χ4v) is 4.09. The van der Waals surface area contributed by atoms with Crippen molar-refractivity contribution in [1.29, 1.82) is 0 Å². The van der Waals surface area contributed by atoms with Crippen molar-refractivity contribution < 1.29 is 17.9 Å². The van der Waals surface area contributed by atoms with Crippen molar-refractivity contribution in [2.75, 3.05) is 13.2 Å². The molecule has 2 N–H and O–H groups in total. The molecule has 3 aromatic rings. The lowest BCUT2D eigenvalue weighted by Gasteiger charge is -2.34. The summed E-state index contributed by atoms with van der Waals surface area (Å²) in [6.07, 6.45) is -1.80. The van der Waals surface area contributed by atoms with E-state index in [2.05, 4.69) is 38.3 Å². The molecule has 0 bridgehead atoms. The molecule has 0 aliphatic carbocycles. The fourth-order valence-electron chi connectivity index (χ4n) is 4.09. The normalized spacial score (nSPS) is 17.8. The molecule has 192 valence electrons. The summed E-state index contributed by atoms with van der Waals surface area (Å²) in [7, 11) is 0. The molecule has 0 saturated carbocycles. The number of ether oxygens (including phenoxy) is 1. The predicted molar refractivity (Wildman–Crippen MR) is 131 cm³/mol. The van der Waals surface area contributed by atoms with Crippen LogP contribution in [0.25, 0.3) is 5.69 Å². The van der Waals surface area contributed by atoms with Gasteiger partial charge < -0.3 is 15.4 Å². The molecule has 4 rings (SSSR count). The number of nitrogens with one attached hydrogen (secondary N) is 2. The third-order valence-corrected chi connectivity index (χ3v) is 5.65. The molecule has 0 radical (unpaired) electrons. The quantitative estimate of drug-likeness (QED) is 0.429. The van der Waals surface area contributed by atoms with Gasteiger partial charge in [-0.1, -0.05) is 37.3 Å². The zero-order chi connectivity index (χ0) is 23.3. The van der Waals surface area contributed by atoms with Crippen LogP contribution in [0.2, 0.25) is 0 Å². The van der Waals surface area contributed by atoms with E-state index < -0.39 is 12.0 Å². The molecule has 7 nitrogen and oxygen atoms in total. The first kappa shape index (κ1) is 28.8. The minimum Gasteiger partial charge on any atom is -0.493 e. The molecule has 2 aromatic carbocycles. The lowest BCUT2D eigenvalue weighted by Crippen LogP contribution is -2.45. The second-order valence-corrected chi connectivity index (χ2v) is 8.02. The van der Waals surface area contributed by atoms with Crippen molar-refractivity contribution in [3.8, 4) is 11.4 Å². The number of nitrogens with zero attached hydrogens (tertiary/aromatic N) is 4. The molecular weight excluding hydrogens is 504 g/mol. The maximum absolute atomic E-state index is 13.3. The van der Waals surface area contributed by atoms with Gasteiger partial charge in [-0.25, -0.2) is 0 Å². The summed E-state index contributed by atoms with van der Waals surface area (Å²) in [5.74, 6) is -0.529. The number of hydrogen-bond acceptors (Lipinski definition) is 6. The molecule has 2 heterocycles. The Morgan fingerprint density at radius 1 is 1.14 bits per heavy atom. The number of piperidine rings is 1. The lowest BCUT2D eigenvalue weighted by molar-refractivity contribution is -0.146. The number of aromatic nitrogens is 4. The SMILES string of the molecule is CCCOc1ccc(-n2nnnc2C(F)(F)F)cc1CN[C@H]1CCCN[C@H]1c1ccccc1.Cl.Cl. The molecule has 0 spiro atoms. The zero-order valence-electron chi connectivity index (χ0n) is 19.2. The average molecular weight is 533 g/mol. The minimum atomic E-state index is -4.66. The van der Waals surface area contributed by atoms with E-state index in [1.165, 1.54) is 11.6 Å². The van der Waals surface area contributed by atoms with Gasteiger partial charge >= 0.3 is 6.18 Å². The maximum atomic E-state index is 13.3. The van der Waals surface area contributed by atoms with Crippen LogP contribution >= 0.6 is 24.8 Å². The smallest absolute Gasteiger partial charge is 0.453 e. The summed E-state index contributed by atoms with van der Waals surface area (Å²) in [6, 6.07) is 15.4. The van der Waals surface area contributed by atoms with Crippen LogP contribution in [0.1, 0.15) is 49.2 Å². The number of halogens is 5. The van der Waals surface area contributed by atoms with Gasteiger partial charge in [-0.05, 0) is 60.0 Å². The van der Waals surface area contributed by atoms with Crippen molar-refractivity contribution in [3.63, 3.8) is 0 Å². The van der Waals surface area contributed by atoms with Crippen LogP contribution < -0.4 is 15.4 Å². The van der Waals surface area contributed by atoms with E-state index in [0.717, 1.165) is 31.4 Å². The molecule has 2 atom stereocenters. The number of tetrazole rings is 1. The summed E-state index contributed by atoms with van der Waals surface area (Å²) < 4.78 is 46.5. The first-order chi connectivity index (χ1) is 16.0. The van der Waals surface area contributed by atoms with E-state index in [-0.39, 0.29) is 42.6 Å². The van der Waals surface area contributed by atoms with Gasteiger partial charge in [0.1, 0.15) is 5.75 Å². The molecule has 1 saturated heterocycles. The predicted octanol–water partition coefficient (Wildman–Crippen LogP) is 4.90. The minimum absolute atomic E-state index is 0. The summed E-state index contributed by atoms with van der Waals surface area (Å²) in [5.41, 5.74) is 2.19. The molecule has 35 heavy (non-hydrogen) atoms. The Labute approximate surface area is 214 Å². The summed E-state index contributed by atoms with van der Waals surface area (Å²) in [5, 5.41) is 17.1. The van der Waals surface area contributed by atoms with Crippen LogP contribution in [0.15, 0.2) is 48.5 Å². The molecule has 1 aliphatic heterocycles. The van der Waals surface area contributed by atoms with E-state index in [1.807, 2.05) is 25.1 Å². The van der Waals surface area contributed by atoms with E-state index in [0.29, 0.717) is 23.6 Å². The van der Waals surface area contributed by atoms with Crippen LogP contribution in [0.5, 0.6) is 5.75 Å². The summed E-state index contributed by atoms with van der Waals surface area (Å²) >= 11 is 0. The molecule has 1 aromatic heterocycles. The van der Waals surface area contributed by atoms with Crippen molar-refractivity contribution in [2.24, 2.45) is 0 Å². The molecule has 0 amide bonds. The Morgan fingerprint density at radius 2 is 1.91 bits per heavy atom. The Balaban J connectivity index is 0.00000216. The first-order valence-corrected chi connectivity index (χ1v) is 11.1. The van der Waals surface area contributed by atoms with Crippen molar-refractivity contribution in [1.82, 2.24) is 30.8 Å². The summed E-state index contributed by atoms with van der Waals surface area (Å²) in [4.78, 5) is 0. The van der Waals surface area contributed by atoms with E-state index in [1.54, 1.807) is 12.1 Å². The monoisotopic (exact) mass is 532 g/mol. The second-order valence-electron chi connectivity index (χ2n) is 8.02. The van der Waals surface area contributed by atoms with Crippen LogP contribution in [0, 0.1) is 0 Å². The van der Waals surface area contributed by atoms with Gasteiger partial charge in [0.05, 0.1) is 12.3 Å². The topological polar surface area (TPSA) is 76.9 Å². The summed E-state index contributed by atoms with van der Waals surface area (Å²) in [6.45, 7) is 3.90. The van der Waals surface area contributed by atoms with E-state index in [4.69, 9.17) is 4.74 Å². The molecule has 1 aliphatic rings. The molecular formula is C23H29Cl2F3N6O. The molecule has 1 fully saturated rings. The van der Waals surface area contributed by atoms with Gasteiger partial charge in [-0.2, -0.15) is 17.9 Å². The van der Waals surface area contributed by atoms with E-state index >= 15 is 0 Å². The average Bonchev–Trinajstić information content (AvgIpc) is 3.33. The van der Waals surface area contributed by atoms with E-state index in [9.17, 15) is 13.2 Å². The first-order valence-electron chi connectivity index (χ1n) is 11.1. The third kappa shape index (κ3) is 7.07. The highest BCUT2D eigenvalue weighted by molar-refractivity contribution is 5.85. The zero-order valence-corrected chi connectivity index (χ0v) is 20.8. The maximum Gasteiger partial charge on any atom is 0.453 e. The molecule has 12 heteroatoms. The van der Waals surface area contributed by atoms with Crippen molar-refractivity contribution in [2.45, 2.75) is 51.0 Å². The van der Waals surface area contributed by atoms with Crippen LogP contribution in [-0.4, -0.2) is 39.4 Å². The van der Waals surface area contributed by atoms with Gasteiger partial charge in [0.2, 0.25) is 0 Å². The molecule has 0 unspecified atom stereocenters.